The number of anilines is 1. The zero-order valence-corrected chi connectivity index (χ0v) is 13.4. The minimum absolute atomic E-state index is 0.202. The van der Waals surface area contributed by atoms with Crippen molar-refractivity contribution >= 4 is 15.7 Å². The Morgan fingerprint density at radius 2 is 2.14 bits per heavy atom. The van der Waals surface area contributed by atoms with E-state index in [0.29, 0.717) is 19.4 Å². The Kier molecular flexibility index (Phi) is 5.98. The van der Waals surface area contributed by atoms with Gasteiger partial charge in [-0.3, -0.25) is 4.72 Å². The molecule has 2 atom stereocenters. The molecular formula is C14H22N2O5S. The molecule has 0 spiro atoms. The van der Waals surface area contributed by atoms with E-state index in [1.165, 1.54) is 6.20 Å². The SMILES string of the molecule is COCCOc1ncccc1NS(=O)(=O)[C@@H]1CCCC[C@H]1O. The van der Waals surface area contributed by atoms with Gasteiger partial charge >= 0.3 is 0 Å². The van der Waals surface area contributed by atoms with Gasteiger partial charge in [-0.15, -0.1) is 0 Å². The topological polar surface area (TPSA) is 97.8 Å². The fraction of sp³-hybridized carbons (Fsp3) is 0.643. The summed E-state index contributed by atoms with van der Waals surface area (Å²) in [5, 5.41) is 9.14. The van der Waals surface area contributed by atoms with Crippen LogP contribution in [0.2, 0.25) is 0 Å². The highest BCUT2D eigenvalue weighted by atomic mass is 32.2. The van der Waals surface area contributed by atoms with Crippen LogP contribution in [0.4, 0.5) is 5.69 Å². The van der Waals surface area contributed by atoms with Crippen molar-refractivity contribution in [3.63, 3.8) is 0 Å². The second-order valence-electron chi connectivity index (χ2n) is 5.23. The van der Waals surface area contributed by atoms with Gasteiger partial charge in [0.05, 0.1) is 12.7 Å². The number of rotatable bonds is 7. The van der Waals surface area contributed by atoms with E-state index in [-0.39, 0.29) is 18.2 Å². The Morgan fingerprint density at radius 1 is 1.36 bits per heavy atom. The van der Waals surface area contributed by atoms with Crippen molar-refractivity contribution in [2.75, 3.05) is 25.0 Å². The number of hydrogen-bond acceptors (Lipinski definition) is 6. The molecule has 1 aliphatic carbocycles. The summed E-state index contributed by atoms with van der Waals surface area (Å²) in [7, 11) is -2.14. The molecule has 0 aromatic carbocycles. The third-order valence-corrected chi connectivity index (χ3v) is 5.47. The first-order valence-electron chi connectivity index (χ1n) is 7.31. The quantitative estimate of drug-likeness (QED) is 0.728. The number of hydrogen-bond donors (Lipinski definition) is 2. The molecule has 22 heavy (non-hydrogen) atoms. The van der Waals surface area contributed by atoms with Crippen molar-refractivity contribution in [2.45, 2.75) is 37.0 Å². The van der Waals surface area contributed by atoms with E-state index in [9.17, 15) is 13.5 Å². The van der Waals surface area contributed by atoms with Crippen molar-refractivity contribution in [3.8, 4) is 5.88 Å². The Labute approximate surface area is 130 Å². The number of aromatic nitrogens is 1. The first-order chi connectivity index (χ1) is 10.5. The summed E-state index contributed by atoms with van der Waals surface area (Å²) in [6, 6.07) is 3.21. The number of nitrogens with one attached hydrogen (secondary N) is 1. The lowest BCUT2D eigenvalue weighted by molar-refractivity contribution is 0.133. The van der Waals surface area contributed by atoms with Gasteiger partial charge in [-0.25, -0.2) is 13.4 Å². The number of nitrogens with zero attached hydrogens (tertiary/aromatic N) is 1. The standard InChI is InChI=1S/C14H22N2O5S/c1-20-9-10-21-14-11(5-4-8-15-14)16-22(18,19)13-7-3-2-6-12(13)17/h4-5,8,12-13,16-17H,2-3,6-7,9-10H2,1H3/t12-,13-/m1/s1. The van der Waals surface area contributed by atoms with Gasteiger partial charge in [-0.1, -0.05) is 12.8 Å². The Hall–Kier alpha value is -1.38. The van der Waals surface area contributed by atoms with Gasteiger partial charge in [0.25, 0.3) is 0 Å². The van der Waals surface area contributed by atoms with Gasteiger partial charge in [0.2, 0.25) is 15.9 Å². The third kappa shape index (κ3) is 4.31. The molecule has 1 fully saturated rings. The fourth-order valence-electron chi connectivity index (χ4n) is 2.47. The van der Waals surface area contributed by atoms with E-state index in [1.807, 2.05) is 0 Å². The van der Waals surface area contributed by atoms with Crippen molar-refractivity contribution in [2.24, 2.45) is 0 Å². The van der Waals surface area contributed by atoms with Crippen LogP contribution in [0.1, 0.15) is 25.7 Å². The molecule has 0 aliphatic heterocycles. The van der Waals surface area contributed by atoms with Crippen LogP contribution in [0.3, 0.4) is 0 Å². The molecule has 0 amide bonds. The highest BCUT2D eigenvalue weighted by Gasteiger charge is 2.35. The lowest BCUT2D eigenvalue weighted by Crippen LogP contribution is -2.40. The minimum atomic E-state index is -3.69. The number of sulfonamides is 1. The maximum absolute atomic E-state index is 12.5. The molecule has 2 N–H and O–H groups in total. The number of pyridine rings is 1. The monoisotopic (exact) mass is 330 g/mol. The minimum Gasteiger partial charge on any atom is -0.474 e. The number of aliphatic hydroxyl groups excluding tert-OH is 1. The highest BCUT2D eigenvalue weighted by Crippen LogP contribution is 2.28. The van der Waals surface area contributed by atoms with Crippen LogP contribution in [0.25, 0.3) is 0 Å². The molecule has 8 heteroatoms. The zero-order valence-electron chi connectivity index (χ0n) is 12.6. The van der Waals surface area contributed by atoms with E-state index in [1.54, 1.807) is 19.2 Å². The molecule has 2 rings (SSSR count). The Bertz CT molecular complexity index is 578. The van der Waals surface area contributed by atoms with Crippen LogP contribution in [-0.2, 0) is 14.8 Å². The Balaban J connectivity index is 2.11. The maximum atomic E-state index is 12.5. The predicted octanol–water partition coefficient (Wildman–Crippen LogP) is 1.15. The zero-order chi connectivity index (χ0) is 16.0. The molecule has 7 nitrogen and oxygen atoms in total. The maximum Gasteiger partial charge on any atom is 0.238 e. The van der Waals surface area contributed by atoms with Gasteiger partial charge in [0, 0.05) is 13.3 Å². The molecule has 1 saturated carbocycles. The van der Waals surface area contributed by atoms with Crippen LogP contribution in [0.15, 0.2) is 18.3 Å². The van der Waals surface area contributed by atoms with Gasteiger partial charge in [0.15, 0.2) is 0 Å². The van der Waals surface area contributed by atoms with Crippen LogP contribution in [0, 0.1) is 0 Å². The Morgan fingerprint density at radius 3 is 2.86 bits per heavy atom. The summed E-state index contributed by atoms with van der Waals surface area (Å²) in [6.07, 6.45) is 3.31. The summed E-state index contributed by atoms with van der Waals surface area (Å²) in [5.74, 6) is 0.202. The van der Waals surface area contributed by atoms with Crippen LogP contribution < -0.4 is 9.46 Å². The van der Waals surface area contributed by atoms with Crippen molar-refractivity contribution in [3.05, 3.63) is 18.3 Å². The van der Waals surface area contributed by atoms with Crippen molar-refractivity contribution in [1.82, 2.24) is 4.98 Å². The van der Waals surface area contributed by atoms with E-state index in [0.717, 1.165) is 12.8 Å². The van der Waals surface area contributed by atoms with E-state index >= 15 is 0 Å². The summed E-state index contributed by atoms with van der Waals surface area (Å²) in [4.78, 5) is 4.03. The molecule has 124 valence electrons. The van der Waals surface area contributed by atoms with Crippen LogP contribution in [0.5, 0.6) is 5.88 Å². The molecule has 0 bridgehead atoms. The lowest BCUT2D eigenvalue weighted by Gasteiger charge is -2.27. The van der Waals surface area contributed by atoms with E-state index < -0.39 is 21.4 Å². The smallest absolute Gasteiger partial charge is 0.238 e. The normalized spacial score (nSPS) is 22.3. The summed E-state index contributed by atoms with van der Waals surface area (Å²) < 4.78 is 37.7. The first kappa shape index (κ1) is 17.0. The molecule has 0 saturated heterocycles. The van der Waals surface area contributed by atoms with Gasteiger partial charge in [0.1, 0.15) is 17.5 Å². The number of ether oxygens (including phenoxy) is 2. The number of methoxy groups -OCH3 is 1. The third-order valence-electron chi connectivity index (χ3n) is 3.62. The van der Waals surface area contributed by atoms with Gasteiger partial charge in [-0.2, -0.15) is 0 Å². The lowest BCUT2D eigenvalue weighted by atomic mass is 9.97. The summed E-state index contributed by atoms with van der Waals surface area (Å²) >= 11 is 0. The number of aliphatic hydroxyl groups is 1. The van der Waals surface area contributed by atoms with Crippen LogP contribution in [-0.4, -0.2) is 50.2 Å². The first-order valence-corrected chi connectivity index (χ1v) is 8.85. The average Bonchev–Trinajstić information content (AvgIpc) is 2.49. The summed E-state index contributed by atoms with van der Waals surface area (Å²) in [5.41, 5.74) is 0.274. The molecule has 1 heterocycles. The molecule has 1 aromatic heterocycles. The summed E-state index contributed by atoms with van der Waals surface area (Å²) in [6.45, 7) is 0.651. The van der Waals surface area contributed by atoms with E-state index in [4.69, 9.17) is 9.47 Å². The molecular weight excluding hydrogens is 308 g/mol. The van der Waals surface area contributed by atoms with Gasteiger partial charge in [-0.05, 0) is 25.0 Å². The second kappa shape index (κ2) is 7.75. The average molecular weight is 330 g/mol. The van der Waals surface area contributed by atoms with Crippen molar-refractivity contribution in [1.29, 1.82) is 0 Å². The largest absolute Gasteiger partial charge is 0.474 e. The van der Waals surface area contributed by atoms with Crippen LogP contribution >= 0.6 is 0 Å². The molecule has 0 radical (unpaired) electrons. The van der Waals surface area contributed by atoms with Gasteiger partial charge < -0.3 is 14.6 Å². The highest BCUT2D eigenvalue weighted by molar-refractivity contribution is 7.93. The van der Waals surface area contributed by atoms with E-state index in [2.05, 4.69) is 9.71 Å². The predicted molar refractivity (Wildman–Crippen MR) is 82.4 cm³/mol. The molecule has 0 unspecified atom stereocenters. The fourth-order valence-corrected chi connectivity index (χ4v) is 4.11. The molecule has 1 aliphatic rings. The second-order valence-corrected chi connectivity index (χ2v) is 7.13. The van der Waals surface area contributed by atoms with Crippen molar-refractivity contribution < 1.29 is 23.0 Å². The molecule has 1 aromatic rings.